The lowest BCUT2D eigenvalue weighted by Crippen LogP contribution is -2.14. The molecular formula is C14H10BrClFNO2. The number of phenolic OH excluding ortho intramolecular Hbond substituents is 1. The van der Waals surface area contributed by atoms with E-state index in [2.05, 4.69) is 21.2 Å². The number of phenols is 1. The third-order valence-corrected chi connectivity index (χ3v) is 3.42. The molecule has 2 rings (SSSR count). The lowest BCUT2D eigenvalue weighted by atomic mass is 10.1. The Balaban J connectivity index is 2.09. The van der Waals surface area contributed by atoms with Gasteiger partial charge in [-0.1, -0.05) is 17.7 Å². The van der Waals surface area contributed by atoms with Crippen molar-refractivity contribution in [1.29, 1.82) is 0 Å². The summed E-state index contributed by atoms with van der Waals surface area (Å²) < 4.78 is 13.4. The Morgan fingerprint density at radius 2 is 2.05 bits per heavy atom. The monoisotopic (exact) mass is 357 g/mol. The Morgan fingerprint density at radius 1 is 1.30 bits per heavy atom. The van der Waals surface area contributed by atoms with Crippen LogP contribution >= 0.6 is 27.5 Å². The zero-order valence-electron chi connectivity index (χ0n) is 10.2. The van der Waals surface area contributed by atoms with Crippen molar-refractivity contribution in [1.82, 2.24) is 0 Å². The summed E-state index contributed by atoms with van der Waals surface area (Å²) in [5.74, 6) is -0.786. The molecule has 0 spiro atoms. The van der Waals surface area contributed by atoms with Gasteiger partial charge in [-0.05, 0) is 51.8 Å². The first-order chi connectivity index (χ1) is 9.45. The zero-order valence-corrected chi connectivity index (χ0v) is 12.5. The number of hydrogen-bond donors (Lipinski definition) is 2. The molecule has 0 aromatic heterocycles. The highest BCUT2D eigenvalue weighted by Crippen LogP contribution is 2.26. The molecule has 0 aliphatic heterocycles. The number of hydrogen-bond acceptors (Lipinski definition) is 2. The van der Waals surface area contributed by atoms with Gasteiger partial charge in [0.05, 0.1) is 16.6 Å². The van der Waals surface area contributed by atoms with Gasteiger partial charge in [0.1, 0.15) is 11.6 Å². The van der Waals surface area contributed by atoms with E-state index in [9.17, 15) is 14.3 Å². The second kappa shape index (κ2) is 6.24. The maximum atomic E-state index is 13.1. The van der Waals surface area contributed by atoms with Crippen molar-refractivity contribution in [2.45, 2.75) is 6.42 Å². The van der Waals surface area contributed by atoms with Gasteiger partial charge < -0.3 is 10.4 Å². The van der Waals surface area contributed by atoms with Crippen LogP contribution in [0.25, 0.3) is 0 Å². The van der Waals surface area contributed by atoms with Gasteiger partial charge in [0.15, 0.2) is 0 Å². The van der Waals surface area contributed by atoms with Crippen molar-refractivity contribution in [3.05, 3.63) is 57.3 Å². The number of carbonyl (C=O) groups excluding carboxylic acids is 1. The molecule has 0 saturated heterocycles. The van der Waals surface area contributed by atoms with Gasteiger partial charge in [-0.2, -0.15) is 0 Å². The van der Waals surface area contributed by atoms with E-state index in [1.807, 2.05) is 0 Å². The molecule has 0 bridgehead atoms. The van der Waals surface area contributed by atoms with Gasteiger partial charge in [-0.3, -0.25) is 4.79 Å². The fourth-order valence-corrected chi connectivity index (χ4v) is 2.24. The first kappa shape index (κ1) is 14.8. The molecule has 104 valence electrons. The van der Waals surface area contributed by atoms with E-state index < -0.39 is 0 Å². The van der Waals surface area contributed by atoms with Crippen LogP contribution in [0.2, 0.25) is 5.02 Å². The molecule has 0 fully saturated rings. The summed E-state index contributed by atoms with van der Waals surface area (Å²) in [4.78, 5) is 11.9. The van der Waals surface area contributed by atoms with Crippen LogP contribution in [0.3, 0.4) is 0 Å². The Hall–Kier alpha value is -1.59. The molecule has 0 aliphatic carbocycles. The highest BCUT2D eigenvalue weighted by Gasteiger charge is 2.09. The number of amides is 1. The standard InChI is InChI=1S/C14H10BrClFNO2/c15-10-5-8(1-3-11(10)17)6-14(20)18-12-7-9(16)2-4-13(12)19/h1-5,7,19H,6H2,(H,18,20). The topological polar surface area (TPSA) is 49.3 Å². The minimum absolute atomic E-state index is 0.0604. The molecule has 0 radical (unpaired) electrons. The van der Waals surface area contributed by atoms with Crippen molar-refractivity contribution in [3.63, 3.8) is 0 Å². The van der Waals surface area contributed by atoms with Crippen molar-refractivity contribution in [3.8, 4) is 5.75 Å². The summed E-state index contributed by atoms with van der Waals surface area (Å²) in [6, 6.07) is 8.71. The molecule has 20 heavy (non-hydrogen) atoms. The fourth-order valence-electron chi connectivity index (χ4n) is 1.64. The van der Waals surface area contributed by atoms with E-state index in [-0.39, 0.29) is 29.6 Å². The zero-order chi connectivity index (χ0) is 14.7. The van der Waals surface area contributed by atoms with Crippen LogP contribution in [-0.4, -0.2) is 11.0 Å². The van der Waals surface area contributed by atoms with Gasteiger partial charge in [-0.25, -0.2) is 4.39 Å². The fraction of sp³-hybridized carbons (Fsp3) is 0.0714. The minimum Gasteiger partial charge on any atom is -0.506 e. The minimum atomic E-state index is -0.387. The van der Waals surface area contributed by atoms with Crippen molar-refractivity contribution in [2.75, 3.05) is 5.32 Å². The normalized spacial score (nSPS) is 10.3. The van der Waals surface area contributed by atoms with Crippen LogP contribution in [-0.2, 0) is 11.2 Å². The van der Waals surface area contributed by atoms with E-state index in [1.54, 1.807) is 0 Å². The summed E-state index contributed by atoms with van der Waals surface area (Å²) >= 11 is 8.85. The van der Waals surface area contributed by atoms with Crippen LogP contribution in [0.4, 0.5) is 10.1 Å². The van der Waals surface area contributed by atoms with Gasteiger partial charge in [-0.15, -0.1) is 0 Å². The highest BCUT2D eigenvalue weighted by atomic mass is 79.9. The van der Waals surface area contributed by atoms with Crippen LogP contribution in [0.5, 0.6) is 5.75 Å². The summed E-state index contributed by atoms with van der Waals surface area (Å²) in [5, 5.41) is 12.6. The lowest BCUT2D eigenvalue weighted by molar-refractivity contribution is -0.115. The second-order valence-corrected chi connectivity index (χ2v) is 5.43. The number of carbonyl (C=O) groups is 1. The molecule has 2 aromatic rings. The molecule has 0 heterocycles. The van der Waals surface area contributed by atoms with Crippen molar-refractivity contribution < 1.29 is 14.3 Å². The molecule has 0 saturated carbocycles. The van der Waals surface area contributed by atoms with E-state index in [4.69, 9.17) is 11.6 Å². The maximum absolute atomic E-state index is 13.1. The Labute approximate surface area is 128 Å². The predicted molar refractivity (Wildman–Crippen MR) is 79.6 cm³/mol. The molecular weight excluding hydrogens is 349 g/mol. The van der Waals surface area contributed by atoms with E-state index >= 15 is 0 Å². The third-order valence-electron chi connectivity index (χ3n) is 2.58. The van der Waals surface area contributed by atoms with E-state index in [1.165, 1.54) is 36.4 Å². The number of aromatic hydroxyl groups is 1. The van der Waals surface area contributed by atoms with Crippen LogP contribution in [0.1, 0.15) is 5.56 Å². The van der Waals surface area contributed by atoms with Gasteiger partial charge in [0, 0.05) is 5.02 Å². The van der Waals surface area contributed by atoms with Crippen LogP contribution < -0.4 is 5.32 Å². The van der Waals surface area contributed by atoms with Crippen LogP contribution in [0.15, 0.2) is 40.9 Å². The van der Waals surface area contributed by atoms with E-state index in [0.29, 0.717) is 15.1 Å². The third kappa shape index (κ3) is 3.71. The average Bonchev–Trinajstić information content (AvgIpc) is 2.38. The average molecular weight is 359 g/mol. The summed E-state index contributed by atoms with van der Waals surface area (Å²) in [6.07, 6.45) is 0.0604. The van der Waals surface area contributed by atoms with E-state index in [0.717, 1.165) is 0 Å². The smallest absolute Gasteiger partial charge is 0.228 e. The molecule has 2 N–H and O–H groups in total. The van der Waals surface area contributed by atoms with Crippen molar-refractivity contribution in [2.24, 2.45) is 0 Å². The molecule has 0 atom stereocenters. The Bertz CT molecular complexity index is 664. The van der Waals surface area contributed by atoms with Gasteiger partial charge >= 0.3 is 0 Å². The summed E-state index contributed by atoms with van der Waals surface area (Å²) in [6.45, 7) is 0. The Kier molecular flexibility index (Phi) is 4.62. The lowest BCUT2D eigenvalue weighted by Gasteiger charge is -2.08. The molecule has 2 aromatic carbocycles. The molecule has 0 unspecified atom stereocenters. The molecule has 3 nitrogen and oxygen atoms in total. The first-order valence-electron chi connectivity index (χ1n) is 5.68. The summed E-state index contributed by atoms with van der Waals surface area (Å²) in [5.41, 5.74) is 0.890. The number of nitrogens with one attached hydrogen (secondary N) is 1. The predicted octanol–water partition coefficient (Wildman–Crippen LogP) is 4.13. The van der Waals surface area contributed by atoms with Gasteiger partial charge in [0.25, 0.3) is 0 Å². The molecule has 1 amide bonds. The van der Waals surface area contributed by atoms with Gasteiger partial charge in [0.2, 0.25) is 5.91 Å². The number of halogens is 3. The first-order valence-corrected chi connectivity index (χ1v) is 6.85. The highest BCUT2D eigenvalue weighted by molar-refractivity contribution is 9.10. The molecule has 6 heteroatoms. The largest absolute Gasteiger partial charge is 0.506 e. The number of benzene rings is 2. The SMILES string of the molecule is O=C(Cc1ccc(F)c(Br)c1)Nc1cc(Cl)ccc1O. The Morgan fingerprint density at radius 3 is 2.75 bits per heavy atom. The maximum Gasteiger partial charge on any atom is 0.228 e. The molecule has 0 aliphatic rings. The van der Waals surface area contributed by atoms with Crippen molar-refractivity contribution >= 4 is 39.1 Å². The number of anilines is 1. The number of rotatable bonds is 3. The quantitative estimate of drug-likeness (QED) is 0.811. The van der Waals surface area contributed by atoms with Crippen LogP contribution in [0, 0.1) is 5.82 Å². The summed E-state index contributed by atoms with van der Waals surface area (Å²) in [7, 11) is 0. The second-order valence-electron chi connectivity index (χ2n) is 4.13.